The van der Waals surface area contributed by atoms with Crippen LogP contribution >= 0.6 is 36.6 Å². The van der Waals surface area contributed by atoms with Crippen molar-refractivity contribution in [3.05, 3.63) is 3.82 Å². The van der Waals surface area contributed by atoms with E-state index in [1.807, 2.05) is 0 Å². The van der Waals surface area contributed by atoms with Gasteiger partial charge in [-0.05, 0) is 11.5 Å². The third-order valence-electron chi connectivity index (χ3n) is 0.595. The number of aromatic nitrogens is 2. The van der Waals surface area contributed by atoms with Crippen molar-refractivity contribution in [2.75, 3.05) is 4.72 Å². The predicted molar refractivity (Wildman–Crippen MR) is 39.9 cm³/mol. The first-order valence-corrected chi connectivity index (χ1v) is 3.46. The van der Waals surface area contributed by atoms with Crippen LogP contribution in [0.3, 0.4) is 0 Å². The summed E-state index contributed by atoms with van der Waals surface area (Å²) in [5.41, 5.74) is 0. The molecule has 44 valence electrons. The molecule has 1 rings (SSSR count). The van der Waals surface area contributed by atoms with Gasteiger partial charge in [-0.25, -0.2) is 4.49 Å². The lowest BCUT2D eigenvalue weighted by Crippen LogP contribution is -1.78. The summed E-state index contributed by atoms with van der Waals surface area (Å²) in [5, 5.41) is 3.74. The van der Waals surface area contributed by atoms with Gasteiger partial charge in [-0.3, -0.25) is 0 Å². The molecule has 0 aliphatic carbocycles. The molecule has 0 saturated carbocycles. The molecule has 0 amide bonds. The van der Waals surface area contributed by atoms with Gasteiger partial charge in [-0.1, -0.05) is 25.0 Å². The van der Waals surface area contributed by atoms with E-state index in [9.17, 15) is 0 Å². The number of aromatic amines is 1. The van der Waals surface area contributed by atoms with E-state index in [1.165, 1.54) is 11.5 Å². The SMILES string of the molecule is S=c1s[nH]nc1NS. The minimum atomic E-state index is 0.619. The quantitative estimate of drug-likeness (QED) is 0.436. The van der Waals surface area contributed by atoms with Gasteiger partial charge in [0, 0.05) is 0 Å². The minimum Gasteiger partial charge on any atom is -0.314 e. The summed E-state index contributed by atoms with van der Waals surface area (Å²) in [6, 6.07) is 0. The Morgan fingerprint density at radius 1 is 1.88 bits per heavy atom. The predicted octanol–water partition coefficient (Wildman–Crippen LogP) is 1.46. The number of thiol groups is 1. The monoisotopic (exact) mass is 165 g/mol. The maximum atomic E-state index is 4.80. The van der Waals surface area contributed by atoms with Crippen molar-refractivity contribution in [2.24, 2.45) is 0 Å². The Kier molecular flexibility index (Phi) is 1.87. The Labute approximate surface area is 60.8 Å². The first kappa shape index (κ1) is 6.06. The number of anilines is 1. The third-order valence-corrected chi connectivity index (χ3v) is 1.81. The molecule has 0 unspecified atom stereocenters. The summed E-state index contributed by atoms with van der Waals surface area (Å²) in [5.74, 6) is 0.619. The van der Waals surface area contributed by atoms with Crippen LogP contribution in [0.5, 0.6) is 0 Å². The second kappa shape index (κ2) is 2.47. The molecular weight excluding hydrogens is 162 g/mol. The molecule has 0 saturated heterocycles. The highest BCUT2D eigenvalue weighted by Crippen LogP contribution is 2.08. The molecule has 0 bridgehead atoms. The van der Waals surface area contributed by atoms with Gasteiger partial charge >= 0.3 is 0 Å². The fourth-order valence-corrected chi connectivity index (χ4v) is 1.21. The minimum absolute atomic E-state index is 0.619. The summed E-state index contributed by atoms with van der Waals surface area (Å²) >= 11 is 9.85. The van der Waals surface area contributed by atoms with Gasteiger partial charge in [-0.15, -0.1) is 5.10 Å². The molecule has 0 fully saturated rings. The summed E-state index contributed by atoms with van der Waals surface area (Å²) in [4.78, 5) is 0. The van der Waals surface area contributed by atoms with Crippen molar-refractivity contribution in [2.45, 2.75) is 0 Å². The normalized spacial score (nSPS) is 9.12. The zero-order chi connectivity index (χ0) is 5.98. The average Bonchev–Trinajstić information content (AvgIpc) is 2.14. The number of nitrogens with zero attached hydrogens (tertiary/aromatic N) is 1. The molecule has 6 heteroatoms. The van der Waals surface area contributed by atoms with E-state index < -0.39 is 0 Å². The molecule has 0 atom stereocenters. The first-order valence-electron chi connectivity index (χ1n) is 1.78. The second-order valence-electron chi connectivity index (χ2n) is 1.05. The lowest BCUT2D eigenvalue weighted by molar-refractivity contribution is 1.17. The van der Waals surface area contributed by atoms with Gasteiger partial charge in [0.15, 0.2) is 9.64 Å². The molecule has 0 spiro atoms. The third kappa shape index (κ3) is 1.01. The lowest BCUT2D eigenvalue weighted by Gasteiger charge is -1.82. The van der Waals surface area contributed by atoms with E-state index >= 15 is 0 Å². The molecule has 0 aliphatic rings. The van der Waals surface area contributed by atoms with E-state index in [-0.39, 0.29) is 0 Å². The van der Waals surface area contributed by atoms with Gasteiger partial charge < -0.3 is 4.72 Å². The van der Waals surface area contributed by atoms with Crippen LogP contribution in [0.4, 0.5) is 5.82 Å². The van der Waals surface area contributed by atoms with Crippen molar-refractivity contribution >= 4 is 42.4 Å². The smallest absolute Gasteiger partial charge is 0.186 e. The van der Waals surface area contributed by atoms with E-state index in [2.05, 4.69) is 27.1 Å². The van der Waals surface area contributed by atoms with Crippen molar-refractivity contribution in [1.82, 2.24) is 9.59 Å². The Morgan fingerprint density at radius 2 is 2.62 bits per heavy atom. The molecule has 2 N–H and O–H groups in total. The van der Waals surface area contributed by atoms with Gasteiger partial charge in [0.05, 0.1) is 0 Å². The Bertz CT molecular complexity index is 212. The standard InChI is InChI=1S/C2H3N3S3/c6-2-1(4-7)3-5-8-2/h5,7H,(H,3,4). The number of rotatable bonds is 1. The Hall–Kier alpha value is -0.0700. The fraction of sp³-hybridized carbons (Fsp3) is 0. The van der Waals surface area contributed by atoms with E-state index in [1.54, 1.807) is 0 Å². The number of hydrogen-bond donors (Lipinski definition) is 3. The highest BCUT2D eigenvalue weighted by molar-refractivity contribution is 7.81. The lowest BCUT2D eigenvalue weighted by atomic mass is 10.9. The maximum absolute atomic E-state index is 4.80. The molecule has 0 aliphatic heterocycles. The van der Waals surface area contributed by atoms with Crippen molar-refractivity contribution < 1.29 is 0 Å². The van der Waals surface area contributed by atoms with Crippen LogP contribution in [0.1, 0.15) is 0 Å². The summed E-state index contributed by atoms with van der Waals surface area (Å²) in [6.45, 7) is 0. The zero-order valence-corrected chi connectivity index (χ0v) is 6.24. The number of nitrogens with one attached hydrogen (secondary N) is 2. The molecule has 1 heterocycles. The molecule has 0 radical (unpaired) electrons. The average molecular weight is 165 g/mol. The van der Waals surface area contributed by atoms with Gasteiger partial charge in [0.2, 0.25) is 0 Å². The molecule has 1 aromatic heterocycles. The van der Waals surface area contributed by atoms with E-state index in [0.29, 0.717) is 9.64 Å². The van der Waals surface area contributed by atoms with Crippen LogP contribution in [0.2, 0.25) is 0 Å². The second-order valence-corrected chi connectivity index (χ2v) is 2.74. The molecular formula is C2H3N3S3. The summed E-state index contributed by atoms with van der Waals surface area (Å²) in [6.07, 6.45) is 0. The maximum Gasteiger partial charge on any atom is 0.186 e. The highest BCUT2D eigenvalue weighted by Gasteiger charge is 1.91. The molecule has 0 aromatic carbocycles. The topological polar surface area (TPSA) is 40.7 Å². The van der Waals surface area contributed by atoms with Crippen LogP contribution in [0.15, 0.2) is 0 Å². The summed E-state index contributed by atoms with van der Waals surface area (Å²) in [7, 11) is 0. The molecule has 1 aromatic rings. The van der Waals surface area contributed by atoms with Crippen LogP contribution in [0.25, 0.3) is 0 Å². The van der Waals surface area contributed by atoms with E-state index in [0.717, 1.165) is 0 Å². The van der Waals surface area contributed by atoms with Gasteiger partial charge in [-0.2, -0.15) is 0 Å². The van der Waals surface area contributed by atoms with Gasteiger partial charge in [0.1, 0.15) is 0 Å². The highest BCUT2D eigenvalue weighted by atomic mass is 32.2. The van der Waals surface area contributed by atoms with Crippen LogP contribution in [-0.2, 0) is 0 Å². The van der Waals surface area contributed by atoms with E-state index in [4.69, 9.17) is 12.2 Å². The Morgan fingerprint density at radius 3 is 2.88 bits per heavy atom. The van der Waals surface area contributed by atoms with Crippen LogP contribution < -0.4 is 4.72 Å². The van der Waals surface area contributed by atoms with Crippen LogP contribution in [0, 0.1) is 3.82 Å². The fourth-order valence-electron chi connectivity index (χ4n) is 0.275. The van der Waals surface area contributed by atoms with Crippen LogP contribution in [-0.4, -0.2) is 9.59 Å². The largest absolute Gasteiger partial charge is 0.314 e. The summed E-state index contributed by atoms with van der Waals surface area (Å²) < 4.78 is 5.85. The first-order chi connectivity index (χ1) is 3.84. The van der Waals surface area contributed by atoms with Crippen molar-refractivity contribution in [3.8, 4) is 0 Å². The van der Waals surface area contributed by atoms with Gasteiger partial charge in [0.25, 0.3) is 0 Å². The number of H-pyrrole nitrogens is 1. The van der Waals surface area contributed by atoms with Crippen molar-refractivity contribution in [3.63, 3.8) is 0 Å². The molecule has 3 nitrogen and oxygen atoms in total. The molecule has 8 heavy (non-hydrogen) atoms. The number of hydrogen-bond acceptors (Lipinski definition) is 5. The zero-order valence-electron chi connectivity index (χ0n) is 3.71. The van der Waals surface area contributed by atoms with Crippen molar-refractivity contribution in [1.29, 1.82) is 0 Å². The Balaban J connectivity index is 3.11.